The number of alkyl halides is 3. The molecule has 0 aliphatic heterocycles. The van der Waals surface area contributed by atoms with E-state index in [2.05, 4.69) is 11.6 Å². The maximum absolute atomic E-state index is 12.5. The third-order valence-electron chi connectivity index (χ3n) is 2.76. The summed E-state index contributed by atoms with van der Waals surface area (Å²) in [6.45, 7) is 3.56. The second-order valence-electron chi connectivity index (χ2n) is 4.17. The summed E-state index contributed by atoms with van der Waals surface area (Å²) in [5, 5.41) is 0. The van der Waals surface area contributed by atoms with E-state index in [4.69, 9.17) is 0 Å². The number of fused-ring (bicyclic) bond motifs is 1. The lowest BCUT2D eigenvalue weighted by Crippen LogP contribution is -2.23. The second kappa shape index (κ2) is 4.62. The van der Waals surface area contributed by atoms with Crippen molar-refractivity contribution >= 4 is 16.8 Å². The maximum atomic E-state index is 12.5. The number of Topliss-reactive ketones (excluding diaryl/α,β-unsaturated/α-hetero) is 1. The molecule has 106 valence electrons. The Labute approximate surface area is 111 Å². The fourth-order valence-electron chi connectivity index (χ4n) is 1.87. The van der Waals surface area contributed by atoms with Crippen LogP contribution in [-0.4, -0.2) is 26.1 Å². The van der Waals surface area contributed by atoms with Gasteiger partial charge in [0.2, 0.25) is 0 Å². The molecule has 0 unspecified atom stereocenters. The van der Waals surface area contributed by atoms with Crippen LogP contribution in [0, 0.1) is 0 Å². The van der Waals surface area contributed by atoms with Gasteiger partial charge in [-0.2, -0.15) is 13.2 Å². The Balaban J connectivity index is 2.82. The number of aryl methyl sites for hydroxylation is 1. The summed E-state index contributed by atoms with van der Waals surface area (Å²) in [5.74, 6) is -2.02. The van der Waals surface area contributed by atoms with E-state index < -0.39 is 23.1 Å². The number of hydrogen-bond donors (Lipinski definition) is 0. The summed E-state index contributed by atoms with van der Waals surface area (Å²) >= 11 is 0. The van der Waals surface area contributed by atoms with Crippen molar-refractivity contribution in [3.8, 4) is 0 Å². The summed E-state index contributed by atoms with van der Waals surface area (Å²) < 4.78 is 40.0. The van der Waals surface area contributed by atoms with Crippen molar-refractivity contribution in [3.63, 3.8) is 0 Å². The Morgan fingerprint density at radius 3 is 2.70 bits per heavy atom. The molecule has 0 radical (unpaired) electrons. The Morgan fingerprint density at radius 1 is 1.50 bits per heavy atom. The second-order valence-corrected chi connectivity index (χ2v) is 4.17. The Kier molecular flexibility index (Phi) is 3.24. The molecule has 2 aromatic heterocycles. The third kappa shape index (κ3) is 2.13. The highest BCUT2D eigenvalue weighted by Crippen LogP contribution is 2.26. The Morgan fingerprint density at radius 2 is 2.15 bits per heavy atom. The SMILES string of the molecule is C=CCn1cc(C(=O)C(F)(F)F)c2ncn(C)c(=O)c21. The lowest BCUT2D eigenvalue weighted by atomic mass is 10.2. The average molecular weight is 285 g/mol. The van der Waals surface area contributed by atoms with E-state index in [0.717, 1.165) is 17.1 Å². The summed E-state index contributed by atoms with van der Waals surface area (Å²) in [7, 11) is 1.42. The van der Waals surface area contributed by atoms with Crippen molar-refractivity contribution in [1.82, 2.24) is 14.1 Å². The lowest BCUT2D eigenvalue weighted by molar-refractivity contribution is -0.0884. The first kappa shape index (κ1) is 14.0. The monoisotopic (exact) mass is 285 g/mol. The first-order valence-corrected chi connectivity index (χ1v) is 5.54. The zero-order valence-corrected chi connectivity index (χ0v) is 10.4. The molecule has 2 rings (SSSR count). The number of ketones is 1. The molecule has 2 heterocycles. The summed E-state index contributed by atoms with van der Waals surface area (Å²) in [4.78, 5) is 27.1. The molecule has 0 aliphatic carbocycles. The van der Waals surface area contributed by atoms with Gasteiger partial charge in [-0.15, -0.1) is 6.58 Å². The molecule has 0 atom stereocenters. The van der Waals surface area contributed by atoms with Crippen molar-refractivity contribution in [2.75, 3.05) is 0 Å². The third-order valence-corrected chi connectivity index (χ3v) is 2.76. The van der Waals surface area contributed by atoms with Gasteiger partial charge in [0.05, 0.1) is 11.9 Å². The molecular weight excluding hydrogens is 275 g/mol. The van der Waals surface area contributed by atoms with E-state index in [1.807, 2.05) is 0 Å². The Hall–Kier alpha value is -2.38. The van der Waals surface area contributed by atoms with Crippen molar-refractivity contribution in [2.45, 2.75) is 12.7 Å². The highest BCUT2D eigenvalue weighted by atomic mass is 19.4. The van der Waals surface area contributed by atoms with E-state index >= 15 is 0 Å². The van der Waals surface area contributed by atoms with Crippen LogP contribution in [0.2, 0.25) is 0 Å². The predicted molar refractivity (Wildman–Crippen MR) is 65.6 cm³/mol. The van der Waals surface area contributed by atoms with Crippen LogP contribution in [0.4, 0.5) is 13.2 Å². The molecule has 2 aromatic rings. The van der Waals surface area contributed by atoms with Crippen LogP contribution in [0.3, 0.4) is 0 Å². The number of allylic oxidation sites excluding steroid dienone is 1. The summed E-state index contributed by atoms with van der Waals surface area (Å²) in [6, 6.07) is 0. The molecule has 5 nitrogen and oxygen atoms in total. The molecule has 0 bridgehead atoms. The average Bonchev–Trinajstić information content (AvgIpc) is 2.71. The molecule has 0 spiro atoms. The Bertz CT molecular complexity index is 756. The first-order chi connectivity index (χ1) is 9.27. The van der Waals surface area contributed by atoms with Crippen LogP contribution in [0.5, 0.6) is 0 Å². The van der Waals surface area contributed by atoms with Gasteiger partial charge in [0.1, 0.15) is 11.0 Å². The molecule has 0 amide bonds. The van der Waals surface area contributed by atoms with Crippen LogP contribution in [0.15, 0.2) is 30.0 Å². The van der Waals surface area contributed by atoms with Gasteiger partial charge in [-0.3, -0.25) is 9.59 Å². The number of carbonyl (C=O) groups is 1. The van der Waals surface area contributed by atoms with Crippen LogP contribution >= 0.6 is 0 Å². The minimum atomic E-state index is -5.02. The van der Waals surface area contributed by atoms with Gasteiger partial charge in [-0.1, -0.05) is 6.08 Å². The minimum absolute atomic E-state index is 0.0532. The highest BCUT2D eigenvalue weighted by Gasteiger charge is 2.41. The molecule has 8 heteroatoms. The quantitative estimate of drug-likeness (QED) is 0.636. The molecule has 0 saturated carbocycles. The number of aromatic nitrogens is 3. The predicted octanol–water partition coefficient (Wildman–Crippen LogP) is 1.67. The van der Waals surface area contributed by atoms with Crippen LogP contribution in [0.25, 0.3) is 11.0 Å². The summed E-state index contributed by atoms with van der Waals surface area (Å²) in [5.41, 5.74) is -1.47. The number of rotatable bonds is 3. The van der Waals surface area contributed by atoms with Crippen LogP contribution in [-0.2, 0) is 13.6 Å². The number of carbonyl (C=O) groups excluding carboxylic acids is 1. The minimum Gasteiger partial charge on any atom is -0.337 e. The normalized spacial score (nSPS) is 11.8. The van der Waals surface area contributed by atoms with Crippen LogP contribution < -0.4 is 5.56 Å². The van der Waals surface area contributed by atoms with Crippen molar-refractivity contribution in [2.24, 2.45) is 7.05 Å². The topological polar surface area (TPSA) is 56.9 Å². The van der Waals surface area contributed by atoms with Gasteiger partial charge in [-0.05, 0) is 0 Å². The van der Waals surface area contributed by atoms with Crippen molar-refractivity contribution in [3.05, 3.63) is 41.1 Å². The smallest absolute Gasteiger partial charge is 0.337 e. The lowest BCUT2D eigenvalue weighted by Gasteiger charge is -2.03. The fourth-order valence-corrected chi connectivity index (χ4v) is 1.87. The molecule has 0 saturated heterocycles. The van der Waals surface area contributed by atoms with E-state index in [0.29, 0.717) is 0 Å². The zero-order chi connectivity index (χ0) is 15.1. The van der Waals surface area contributed by atoms with Crippen LogP contribution in [0.1, 0.15) is 10.4 Å². The van der Waals surface area contributed by atoms with Gasteiger partial charge in [-0.25, -0.2) is 4.98 Å². The fraction of sp³-hybridized carbons (Fsp3) is 0.250. The zero-order valence-electron chi connectivity index (χ0n) is 10.4. The number of hydrogen-bond acceptors (Lipinski definition) is 3. The van der Waals surface area contributed by atoms with Gasteiger partial charge in [0.25, 0.3) is 11.3 Å². The molecule has 0 fully saturated rings. The molecule has 0 aliphatic rings. The van der Waals surface area contributed by atoms with Crippen molar-refractivity contribution in [1.29, 1.82) is 0 Å². The van der Waals surface area contributed by atoms with Gasteiger partial charge >= 0.3 is 6.18 Å². The van der Waals surface area contributed by atoms with E-state index in [-0.39, 0.29) is 17.6 Å². The molecule has 0 aromatic carbocycles. The van der Waals surface area contributed by atoms with E-state index in [9.17, 15) is 22.8 Å². The largest absolute Gasteiger partial charge is 0.455 e. The first-order valence-electron chi connectivity index (χ1n) is 5.54. The van der Waals surface area contributed by atoms with Crippen molar-refractivity contribution < 1.29 is 18.0 Å². The van der Waals surface area contributed by atoms with Gasteiger partial charge < -0.3 is 9.13 Å². The number of nitrogens with zero attached hydrogens (tertiary/aromatic N) is 3. The molecule has 20 heavy (non-hydrogen) atoms. The molecular formula is C12H10F3N3O2. The maximum Gasteiger partial charge on any atom is 0.455 e. The van der Waals surface area contributed by atoms with E-state index in [1.165, 1.54) is 17.7 Å². The van der Waals surface area contributed by atoms with Gasteiger partial charge in [0, 0.05) is 19.8 Å². The molecule has 0 N–H and O–H groups in total. The van der Waals surface area contributed by atoms with E-state index in [1.54, 1.807) is 0 Å². The standard InChI is InChI=1S/C12H10F3N3O2/c1-3-4-18-5-7(10(19)12(13,14)15)8-9(18)11(20)17(2)6-16-8/h3,5-6H,1,4H2,2H3. The highest BCUT2D eigenvalue weighted by molar-refractivity contribution is 6.09. The summed E-state index contributed by atoms with van der Waals surface area (Å²) in [6.07, 6.45) is -1.55. The van der Waals surface area contributed by atoms with Gasteiger partial charge in [0.15, 0.2) is 0 Å². The number of halogens is 3.